The van der Waals surface area contributed by atoms with E-state index in [9.17, 15) is 18.0 Å². The maximum atomic E-state index is 12.6. The number of halogens is 3. The first-order valence-corrected chi connectivity index (χ1v) is 6.44. The predicted octanol–water partition coefficient (Wildman–Crippen LogP) is 2.94. The fourth-order valence-corrected chi connectivity index (χ4v) is 2.11. The third-order valence-electron chi connectivity index (χ3n) is 3.07. The lowest BCUT2D eigenvalue weighted by molar-refractivity contribution is -0.137. The van der Waals surface area contributed by atoms with Crippen LogP contribution < -0.4 is 5.32 Å². The average Bonchev–Trinajstić information content (AvgIpc) is 2.69. The van der Waals surface area contributed by atoms with Crippen LogP contribution in [0, 0.1) is 0 Å². The van der Waals surface area contributed by atoms with Crippen LogP contribution in [0.4, 0.5) is 13.2 Å². The summed E-state index contributed by atoms with van der Waals surface area (Å²) in [5, 5.41) is 2.63. The van der Waals surface area contributed by atoms with Crippen LogP contribution in [0.2, 0.25) is 0 Å². The summed E-state index contributed by atoms with van der Waals surface area (Å²) in [5.41, 5.74) is -0.207. The molecule has 0 aromatic heterocycles. The summed E-state index contributed by atoms with van der Waals surface area (Å²) in [6.45, 7) is 1.95. The Bertz CT molecular complexity index is 537. The minimum Gasteiger partial charge on any atom is -0.312 e. The van der Waals surface area contributed by atoms with Crippen molar-refractivity contribution in [2.24, 2.45) is 4.99 Å². The highest BCUT2D eigenvalue weighted by Gasteiger charge is 2.31. The van der Waals surface area contributed by atoms with Crippen molar-refractivity contribution in [3.63, 3.8) is 0 Å². The molecule has 0 spiro atoms. The molecule has 2 rings (SSSR count). The van der Waals surface area contributed by atoms with E-state index < -0.39 is 17.8 Å². The van der Waals surface area contributed by atoms with Gasteiger partial charge in [0.05, 0.1) is 5.56 Å². The van der Waals surface area contributed by atoms with Crippen LogP contribution in [0.1, 0.15) is 30.9 Å². The van der Waals surface area contributed by atoms with Gasteiger partial charge in [0.2, 0.25) is 5.91 Å². The number of alkyl halides is 3. The highest BCUT2D eigenvalue weighted by Crippen LogP contribution is 2.29. The zero-order valence-electron chi connectivity index (χ0n) is 11.0. The van der Waals surface area contributed by atoms with Crippen molar-refractivity contribution in [1.29, 1.82) is 0 Å². The first-order chi connectivity index (χ1) is 9.40. The molecule has 0 bridgehead atoms. The molecule has 20 heavy (non-hydrogen) atoms. The molecule has 1 N–H and O–H groups in total. The molecule has 1 atom stereocenters. The van der Waals surface area contributed by atoms with E-state index in [0.29, 0.717) is 17.8 Å². The van der Waals surface area contributed by atoms with Gasteiger partial charge in [-0.3, -0.25) is 9.79 Å². The molecule has 1 aliphatic heterocycles. The van der Waals surface area contributed by atoms with Gasteiger partial charge in [0.1, 0.15) is 11.9 Å². The number of benzene rings is 1. The summed E-state index contributed by atoms with van der Waals surface area (Å²) in [6.07, 6.45) is -2.67. The van der Waals surface area contributed by atoms with Gasteiger partial charge in [-0.2, -0.15) is 13.2 Å². The van der Waals surface area contributed by atoms with Gasteiger partial charge in [0, 0.05) is 6.42 Å². The normalized spacial score (nSPS) is 18.9. The third kappa shape index (κ3) is 3.37. The number of amidine groups is 1. The SMILES string of the molecule is CCCC1N=C(Cc2cccc(C(F)(F)F)c2)NC1=O. The predicted molar refractivity (Wildman–Crippen MR) is 69.4 cm³/mol. The first-order valence-electron chi connectivity index (χ1n) is 6.44. The van der Waals surface area contributed by atoms with E-state index in [1.807, 2.05) is 6.92 Å². The second-order valence-electron chi connectivity index (χ2n) is 4.74. The average molecular weight is 284 g/mol. The highest BCUT2D eigenvalue weighted by atomic mass is 19.4. The molecule has 6 heteroatoms. The Hall–Kier alpha value is -1.85. The third-order valence-corrected chi connectivity index (χ3v) is 3.07. The van der Waals surface area contributed by atoms with Crippen LogP contribution in [0.25, 0.3) is 0 Å². The molecule has 1 aromatic carbocycles. The Kier molecular flexibility index (Phi) is 4.11. The lowest BCUT2D eigenvalue weighted by Gasteiger charge is -2.08. The maximum absolute atomic E-state index is 12.6. The van der Waals surface area contributed by atoms with Crippen LogP contribution in [0.3, 0.4) is 0 Å². The quantitative estimate of drug-likeness (QED) is 0.907. The molecule has 1 aromatic rings. The van der Waals surface area contributed by atoms with E-state index >= 15 is 0 Å². The number of rotatable bonds is 4. The Morgan fingerprint density at radius 2 is 2.10 bits per heavy atom. The second-order valence-corrected chi connectivity index (χ2v) is 4.74. The largest absolute Gasteiger partial charge is 0.416 e. The number of amides is 1. The number of nitrogens with one attached hydrogen (secondary N) is 1. The number of nitrogens with zero attached hydrogens (tertiary/aromatic N) is 1. The molecule has 0 fully saturated rings. The summed E-state index contributed by atoms with van der Waals surface area (Å²) in [6, 6.07) is 4.66. The molecule has 0 radical (unpaired) electrons. The summed E-state index contributed by atoms with van der Waals surface area (Å²) in [7, 11) is 0. The van der Waals surface area contributed by atoms with Crippen LogP contribution in [-0.2, 0) is 17.4 Å². The van der Waals surface area contributed by atoms with E-state index in [1.165, 1.54) is 6.07 Å². The van der Waals surface area contributed by atoms with Gasteiger partial charge in [-0.1, -0.05) is 31.5 Å². The first kappa shape index (κ1) is 14.6. The van der Waals surface area contributed by atoms with E-state index in [0.717, 1.165) is 18.6 Å². The van der Waals surface area contributed by atoms with Crippen molar-refractivity contribution in [2.45, 2.75) is 38.4 Å². The molecule has 1 amide bonds. The van der Waals surface area contributed by atoms with E-state index in [2.05, 4.69) is 10.3 Å². The monoisotopic (exact) mass is 284 g/mol. The van der Waals surface area contributed by atoms with Crippen LogP contribution in [0.5, 0.6) is 0 Å². The van der Waals surface area contributed by atoms with Crippen LogP contribution >= 0.6 is 0 Å². The standard InChI is InChI=1S/C14H15F3N2O/c1-2-4-11-13(20)19-12(18-11)8-9-5-3-6-10(7-9)14(15,16)17/h3,5-7,11H,2,4,8H2,1H3,(H,18,19,20). The Balaban J connectivity index is 2.11. The van der Waals surface area contributed by atoms with Gasteiger partial charge in [-0.15, -0.1) is 0 Å². The molecular formula is C14H15F3N2O. The van der Waals surface area contributed by atoms with Gasteiger partial charge in [0.15, 0.2) is 0 Å². The zero-order valence-corrected chi connectivity index (χ0v) is 11.0. The van der Waals surface area contributed by atoms with Crippen molar-refractivity contribution in [1.82, 2.24) is 5.32 Å². The van der Waals surface area contributed by atoms with Gasteiger partial charge >= 0.3 is 6.18 Å². The van der Waals surface area contributed by atoms with Crippen LogP contribution in [-0.4, -0.2) is 17.8 Å². The van der Waals surface area contributed by atoms with Gasteiger partial charge in [-0.05, 0) is 18.1 Å². The number of aliphatic imine (C=N–C) groups is 1. The zero-order chi connectivity index (χ0) is 14.8. The van der Waals surface area contributed by atoms with Gasteiger partial charge in [0.25, 0.3) is 0 Å². The summed E-state index contributed by atoms with van der Waals surface area (Å²) in [4.78, 5) is 15.8. The van der Waals surface area contributed by atoms with Crippen molar-refractivity contribution in [3.8, 4) is 0 Å². The fraction of sp³-hybridized carbons (Fsp3) is 0.429. The van der Waals surface area contributed by atoms with Gasteiger partial charge < -0.3 is 5.32 Å². The molecule has 1 aliphatic rings. The molecule has 0 saturated carbocycles. The minimum atomic E-state index is -4.36. The van der Waals surface area contributed by atoms with Crippen molar-refractivity contribution in [3.05, 3.63) is 35.4 Å². The fourth-order valence-electron chi connectivity index (χ4n) is 2.11. The Morgan fingerprint density at radius 3 is 2.75 bits per heavy atom. The second kappa shape index (κ2) is 5.64. The lowest BCUT2D eigenvalue weighted by Crippen LogP contribution is -2.29. The maximum Gasteiger partial charge on any atom is 0.416 e. The summed E-state index contributed by atoms with van der Waals surface area (Å²) in [5.74, 6) is 0.265. The summed E-state index contributed by atoms with van der Waals surface area (Å²) < 4.78 is 37.8. The topological polar surface area (TPSA) is 41.5 Å². The molecule has 0 aliphatic carbocycles. The highest BCUT2D eigenvalue weighted by molar-refractivity contribution is 6.06. The van der Waals surface area contributed by atoms with Gasteiger partial charge in [-0.25, -0.2) is 0 Å². The molecule has 3 nitrogen and oxygen atoms in total. The van der Waals surface area contributed by atoms with Crippen molar-refractivity contribution < 1.29 is 18.0 Å². The van der Waals surface area contributed by atoms with E-state index in [4.69, 9.17) is 0 Å². The van der Waals surface area contributed by atoms with Crippen LogP contribution in [0.15, 0.2) is 29.3 Å². The van der Waals surface area contributed by atoms with E-state index in [1.54, 1.807) is 6.07 Å². The summed E-state index contributed by atoms with van der Waals surface area (Å²) >= 11 is 0. The number of hydrogen-bond donors (Lipinski definition) is 1. The molecular weight excluding hydrogens is 269 g/mol. The van der Waals surface area contributed by atoms with Crippen molar-refractivity contribution >= 4 is 11.7 Å². The Labute approximate surface area is 114 Å². The molecule has 1 heterocycles. The smallest absolute Gasteiger partial charge is 0.312 e. The number of carbonyl (C=O) groups excluding carboxylic acids is 1. The minimum absolute atomic E-state index is 0.172. The number of carbonyl (C=O) groups is 1. The molecule has 1 unspecified atom stereocenters. The molecule has 108 valence electrons. The Morgan fingerprint density at radius 1 is 1.35 bits per heavy atom. The van der Waals surface area contributed by atoms with Crippen molar-refractivity contribution in [2.75, 3.05) is 0 Å². The van der Waals surface area contributed by atoms with E-state index in [-0.39, 0.29) is 12.3 Å². The number of hydrogen-bond acceptors (Lipinski definition) is 2. The molecule has 0 saturated heterocycles. The lowest BCUT2D eigenvalue weighted by atomic mass is 10.1.